The second kappa shape index (κ2) is 11.9. The van der Waals surface area contributed by atoms with Crippen LogP contribution in [-0.2, 0) is 21.7 Å². The minimum absolute atomic E-state index is 0. The molecule has 1 radical (unpaired) electrons. The molecule has 3 atom stereocenters. The van der Waals surface area contributed by atoms with Crippen molar-refractivity contribution in [3.8, 4) is 28.7 Å². The molecule has 0 aromatic heterocycles. The SMILES string of the molecule is COC(=O)[C@@H]1[C@@H](c2ccc3c(c2)OCO3)c2ccc(O)cc2C1(O)c1ccc(OC)cc1OCc1ccccc1.[Pr]. The average Bonchev–Trinajstić information content (AvgIpc) is 3.56. The van der Waals surface area contributed by atoms with Gasteiger partial charge >= 0.3 is 5.97 Å². The van der Waals surface area contributed by atoms with Gasteiger partial charge in [0.15, 0.2) is 11.5 Å². The maximum atomic E-state index is 13.6. The average molecular weight is 681 g/mol. The maximum absolute atomic E-state index is 13.6. The van der Waals surface area contributed by atoms with Crippen LogP contribution in [-0.4, -0.2) is 37.2 Å². The van der Waals surface area contributed by atoms with Crippen LogP contribution < -0.4 is 18.9 Å². The summed E-state index contributed by atoms with van der Waals surface area (Å²) in [5, 5.41) is 23.3. The number of phenolic OH excluding ortho intramolecular Hbond substituents is 1. The quantitative estimate of drug-likeness (QED) is 0.267. The van der Waals surface area contributed by atoms with Crippen molar-refractivity contribution in [3.63, 3.8) is 0 Å². The van der Waals surface area contributed by atoms with Gasteiger partial charge < -0.3 is 33.9 Å². The molecule has 0 saturated heterocycles. The summed E-state index contributed by atoms with van der Waals surface area (Å²) in [7, 11) is 2.83. The molecule has 0 spiro atoms. The number of ether oxygens (including phenoxy) is 5. The summed E-state index contributed by atoms with van der Waals surface area (Å²) < 4.78 is 28.1. The molecule has 1 aliphatic heterocycles. The van der Waals surface area contributed by atoms with E-state index in [9.17, 15) is 15.0 Å². The van der Waals surface area contributed by atoms with Gasteiger partial charge in [-0.25, -0.2) is 0 Å². The predicted molar refractivity (Wildman–Crippen MR) is 145 cm³/mol. The van der Waals surface area contributed by atoms with Crippen molar-refractivity contribution in [1.29, 1.82) is 0 Å². The van der Waals surface area contributed by atoms with Gasteiger partial charge in [-0.15, -0.1) is 0 Å². The third-order valence-electron chi connectivity index (χ3n) is 7.61. The zero-order valence-electron chi connectivity index (χ0n) is 22.6. The normalized spacial score (nSPS) is 20.1. The number of phenols is 1. The molecule has 9 heteroatoms. The molecule has 0 amide bonds. The summed E-state index contributed by atoms with van der Waals surface area (Å²) in [5.74, 6) is -0.420. The topological polar surface area (TPSA) is 104 Å². The molecular weight excluding hydrogens is 653 g/mol. The fraction of sp³-hybridized carbons (Fsp3) is 0.219. The van der Waals surface area contributed by atoms with E-state index in [1.54, 1.807) is 43.5 Å². The van der Waals surface area contributed by atoms with Gasteiger partial charge in [-0.1, -0.05) is 42.5 Å². The van der Waals surface area contributed by atoms with Crippen LogP contribution in [0.5, 0.6) is 28.7 Å². The Morgan fingerprint density at radius 3 is 2.46 bits per heavy atom. The number of rotatable bonds is 7. The molecule has 41 heavy (non-hydrogen) atoms. The number of carbonyl (C=O) groups is 1. The molecule has 2 aliphatic rings. The Kier molecular flexibility index (Phi) is 8.46. The summed E-state index contributed by atoms with van der Waals surface area (Å²) in [6.45, 7) is 0.324. The Bertz CT molecular complexity index is 1570. The van der Waals surface area contributed by atoms with Crippen LogP contribution in [0.3, 0.4) is 0 Å². The fourth-order valence-electron chi connectivity index (χ4n) is 5.76. The van der Waals surface area contributed by atoms with Crippen molar-refractivity contribution >= 4 is 5.97 Å². The Morgan fingerprint density at radius 2 is 1.71 bits per heavy atom. The van der Waals surface area contributed by atoms with Crippen molar-refractivity contribution in [2.24, 2.45) is 5.92 Å². The zero-order valence-corrected chi connectivity index (χ0v) is 26.3. The fourth-order valence-corrected chi connectivity index (χ4v) is 5.76. The third-order valence-corrected chi connectivity index (χ3v) is 7.61. The van der Waals surface area contributed by atoms with Crippen molar-refractivity contribution in [1.82, 2.24) is 0 Å². The molecule has 4 aromatic carbocycles. The smallest absolute Gasteiger partial charge is 0.313 e. The molecule has 1 unspecified atom stereocenters. The summed E-state index contributed by atoms with van der Waals surface area (Å²) in [4.78, 5) is 13.6. The number of aromatic hydroxyl groups is 1. The minimum Gasteiger partial charge on any atom is -0.508 e. The zero-order chi connectivity index (χ0) is 27.9. The van der Waals surface area contributed by atoms with E-state index in [1.807, 2.05) is 42.5 Å². The predicted octanol–water partition coefficient (Wildman–Crippen LogP) is 4.88. The Balaban J connectivity index is 0.00000337. The Labute approximate surface area is 270 Å². The van der Waals surface area contributed by atoms with Crippen molar-refractivity contribution < 1.29 is 80.0 Å². The molecule has 4 aromatic rings. The number of carbonyl (C=O) groups excluding carboxylic acids is 1. The van der Waals surface area contributed by atoms with Crippen molar-refractivity contribution in [3.05, 3.63) is 113 Å². The van der Waals surface area contributed by atoms with Gasteiger partial charge in [0, 0.05) is 58.8 Å². The van der Waals surface area contributed by atoms with Gasteiger partial charge in [0.1, 0.15) is 35.4 Å². The Hall–Kier alpha value is -3.33. The molecule has 0 saturated carbocycles. The second-order valence-electron chi connectivity index (χ2n) is 9.77. The molecule has 0 bridgehead atoms. The van der Waals surface area contributed by atoms with Crippen LogP contribution in [0.2, 0.25) is 0 Å². The molecule has 207 valence electrons. The van der Waals surface area contributed by atoms with Gasteiger partial charge in [-0.05, 0) is 58.7 Å². The minimum atomic E-state index is -1.93. The van der Waals surface area contributed by atoms with Crippen LogP contribution in [0.25, 0.3) is 0 Å². The van der Waals surface area contributed by atoms with Crippen LogP contribution in [0.1, 0.15) is 33.7 Å². The number of benzene rings is 4. The summed E-state index contributed by atoms with van der Waals surface area (Å²) >= 11 is 0. The molecule has 8 nitrogen and oxygen atoms in total. The van der Waals surface area contributed by atoms with Gasteiger partial charge in [0.2, 0.25) is 6.79 Å². The standard InChI is InChI=1S/C32H28O8.Pr/c1-36-22-10-12-24(27(16-22)38-17-19-6-4-3-5-7-19)32(35)25-15-21(33)9-11-23(25)29(30(32)31(34)37-2)20-8-13-26-28(14-20)40-18-39-26;/h3-16,29-30,33,35H,17-18H2,1-2H3;/t29-,30-,32?;/m0./s1. The van der Waals surface area contributed by atoms with Crippen molar-refractivity contribution in [2.75, 3.05) is 21.0 Å². The summed E-state index contributed by atoms with van der Waals surface area (Å²) in [6.07, 6.45) is 0. The van der Waals surface area contributed by atoms with Crippen LogP contribution in [0.4, 0.5) is 0 Å². The largest absolute Gasteiger partial charge is 0.508 e. The van der Waals surface area contributed by atoms with E-state index in [-0.39, 0.29) is 60.4 Å². The van der Waals surface area contributed by atoms with Crippen LogP contribution in [0, 0.1) is 47.2 Å². The summed E-state index contributed by atoms with van der Waals surface area (Å²) in [5.41, 5.74) is 1.10. The van der Waals surface area contributed by atoms with Crippen LogP contribution in [0.15, 0.2) is 84.9 Å². The summed E-state index contributed by atoms with van der Waals surface area (Å²) in [6, 6.07) is 24.9. The first-order chi connectivity index (χ1) is 19.4. The Morgan fingerprint density at radius 1 is 0.927 bits per heavy atom. The molecular formula is C32H28O8Pr. The number of methoxy groups -OCH3 is 2. The van der Waals surface area contributed by atoms with E-state index >= 15 is 0 Å². The molecule has 6 rings (SSSR count). The first-order valence-electron chi connectivity index (χ1n) is 12.8. The second-order valence-corrected chi connectivity index (χ2v) is 9.77. The number of aliphatic hydroxyl groups is 1. The number of hydrogen-bond donors (Lipinski definition) is 2. The van der Waals surface area contributed by atoms with E-state index in [4.69, 9.17) is 23.7 Å². The number of hydrogen-bond acceptors (Lipinski definition) is 8. The molecule has 1 aliphatic carbocycles. The monoisotopic (exact) mass is 681 g/mol. The maximum Gasteiger partial charge on any atom is 0.313 e. The number of fused-ring (bicyclic) bond motifs is 2. The van der Waals surface area contributed by atoms with Crippen molar-refractivity contribution in [2.45, 2.75) is 18.1 Å². The van der Waals surface area contributed by atoms with Gasteiger partial charge in [0.25, 0.3) is 0 Å². The molecule has 0 fully saturated rings. The van der Waals surface area contributed by atoms with Crippen LogP contribution >= 0.6 is 0 Å². The van der Waals surface area contributed by atoms with E-state index in [2.05, 4.69) is 0 Å². The number of esters is 1. The van der Waals surface area contributed by atoms with Gasteiger partial charge in [-0.2, -0.15) is 0 Å². The van der Waals surface area contributed by atoms with Gasteiger partial charge in [-0.3, -0.25) is 4.79 Å². The van der Waals surface area contributed by atoms with Gasteiger partial charge in [0.05, 0.1) is 14.2 Å². The first-order valence-corrected chi connectivity index (χ1v) is 12.8. The van der Waals surface area contributed by atoms with E-state index in [0.29, 0.717) is 39.7 Å². The molecule has 2 N–H and O–H groups in total. The third kappa shape index (κ3) is 5.13. The van der Waals surface area contributed by atoms with E-state index < -0.39 is 23.4 Å². The van der Waals surface area contributed by atoms with E-state index in [0.717, 1.165) is 11.1 Å². The first kappa shape index (κ1) is 29.2. The van der Waals surface area contributed by atoms with E-state index in [1.165, 1.54) is 13.2 Å². The molecule has 1 heterocycles.